The van der Waals surface area contributed by atoms with Crippen LogP contribution in [0.2, 0.25) is 0 Å². The van der Waals surface area contributed by atoms with Crippen molar-refractivity contribution < 1.29 is 31.9 Å². The standard InChI is InChI=1S/C15H16F4N2O3/c1-24-12-3-2-10(16)8-11(12)20-13(22)9-4-6-21(7-5-9)14(23)15(17,18)19/h2-3,8-9H,4-7H2,1H3,(H,20,22). The number of piperidine rings is 1. The first kappa shape index (κ1) is 18.0. The first-order chi connectivity index (χ1) is 11.2. The lowest BCUT2D eigenvalue weighted by Gasteiger charge is -2.31. The van der Waals surface area contributed by atoms with Crippen LogP contribution in [0.1, 0.15) is 12.8 Å². The highest BCUT2D eigenvalue weighted by molar-refractivity contribution is 5.94. The minimum absolute atomic E-state index is 0.102. The Kier molecular flexibility index (Phi) is 5.30. The predicted octanol–water partition coefficient (Wildman–Crippen LogP) is 2.57. The molecular weight excluding hydrogens is 332 g/mol. The predicted molar refractivity (Wildman–Crippen MR) is 76.9 cm³/mol. The average molecular weight is 348 g/mol. The van der Waals surface area contributed by atoms with Crippen molar-refractivity contribution in [3.8, 4) is 5.75 Å². The van der Waals surface area contributed by atoms with Crippen molar-refractivity contribution in [2.45, 2.75) is 19.0 Å². The Morgan fingerprint density at radius 2 is 1.88 bits per heavy atom. The zero-order chi connectivity index (χ0) is 17.9. The summed E-state index contributed by atoms with van der Waals surface area (Å²) in [6, 6.07) is 3.63. The minimum Gasteiger partial charge on any atom is -0.495 e. The van der Waals surface area contributed by atoms with Crippen molar-refractivity contribution in [2.75, 3.05) is 25.5 Å². The number of anilines is 1. The fourth-order valence-corrected chi connectivity index (χ4v) is 2.54. The molecule has 1 fully saturated rings. The van der Waals surface area contributed by atoms with Crippen LogP contribution in [-0.2, 0) is 9.59 Å². The molecule has 24 heavy (non-hydrogen) atoms. The van der Waals surface area contributed by atoms with Gasteiger partial charge < -0.3 is 15.0 Å². The van der Waals surface area contributed by atoms with E-state index >= 15 is 0 Å². The minimum atomic E-state index is -4.91. The van der Waals surface area contributed by atoms with Crippen LogP contribution < -0.4 is 10.1 Å². The Hall–Kier alpha value is -2.32. The second kappa shape index (κ2) is 7.06. The second-order valence-electron chi connectivity index (χ2n) is 5.40. The van der Waals surface area contributed by atoms with Crippen LogP contribution in [0.3, 0.4) is 0 Å². The van der Waals surface area contributed by atoms with Crippen molar-refractivity contribution >= 4 is 17.5 Å². The molecular formula is C15H16F4N2O3. The molecule has 1 aliphatic heterocycles. The number of methoxy groups -OCH3 is 1. The highest BCUT2D eigenvalue weighted by atomic mass is 19.4. The van der Waals surface area contributed by atoms with Crippen molar-refractivity contribution in [1.82, 2.24) is 4.90 Å². The maximum atomic E-state index is 13.3. The Labute approximate surface area is 135 Å². The number of amides is 2. The molecule has 1 N–H and O–H groups in total. The number of benzene rings is 1. The summed E-state index contributed by atoms with van der Waals surface area (Å²) in [5, 5.41) is 2.52. The lowest BCUT2D eigenvalue weighted by atomic mass is 9.95. The summed E-state index contributed by atoms with van der Waals surface area (Å²) in [7, 11) is 1.37. The van der Waals surface area contributed by atoms with Crippen LogP contribution in [-0.4, -0.2) is 43.1 Å². The summed E-state index contributed by atoms with van der Waals surface area (Å²) in [6.07, 6.45) is -4.71. The third kappa shape index (κ3) is 4.15. The van der Waals surface area contributed by atoms with Crippen molar-refractivity contribution in [1.29, 1.82) is 0 Å². The van der Waals surface area contributed by atoms with Gasteiger partial charge in [0.05, 0.1) is 12.8 Å². The van der Waals surface area contributed by atoms with Crippen molar-refractivity contribution in [2.24, 2.45) is 5.92 Å². The summed E-state index contributed by atoms with van der Waals surface area (Å²) in [4.78, 5) is 24.0. The zero-order valence-corrected chi connectivity index (χ0v) is 12.8. The Morgan fingerprint density at radius 3 is 2.42 bits per heavy atom. The molecule has 132 valence electrons. The van der Waals surface area contributed by atoms with Crippen LogP contribution in [0.5, 0.6) is 5.75 Å². The number of nitrogens with one attached hydrogen (secondary N) is 1. The molecule has 0 aliphatic carbocycles. The van der Waals surface area contributed by atoms with E-state index in [1.807, 2.05) is 0 Å². The van der Waals surface area contributed by atoms with Gasteiger partial charge in [0.1, 0.15) is 11.6 Å². The van der Waals surface area contributed by atoms with Crippen LogP contribution >= 0.6 is 0 Å². The number of hydrogen-bond donors (Lipinski definition) is 1. The monoisotopic (exact) mass is 348 g/mol. The summed E-state index contributed by atoms with van der Waals surface area (Å²) in [5.41, 5.74) is 0.149. The van der Waals surface area contributed by atoms with E-state index in [0.29, 0.717) is 4.90 Å². The molecule has 1 aromatic carbocycles. The van der Waals surface area contributed by atoms with E-state index in [0.717, 1.165) is 6.07 Å². The van der Waals surface area contributed by atoms with E-state index < -0.39 is 29.7 Å². The molecule has 5 nitrogen and oxygen atoms in total. The maximum Gasteiger partial charge on any atom is 0.471 e. The SMILES string of the molecule is COc1ccc(F)cc1NC(=O)C1CCN(C(=O)C(F)(F)F)CC1. The van der Waals surface area contributed by atoms with Gasteiger partial charge in [0.25, 0.3) is 0 Å². The molecule has 0 saturated carbocycles. The molecule has 1 heterocycles. The quantitative estimate of drug-likeness (QED) is 0.854. The summed E-state index contributed by atoms with van der Waals surface area (Å²) >= 11 is 0. The molecule has 1 aromatic rings. The number of nitrogens with zero attached hydrogens (tertiary/aromatic N) is 1. The first-order valence-electron chi connectivity index (χ1n) is 7.23. The normalized spacial score (nSPS) is 16.0. The third-order valence-electron chi connectivity index (χ3n) is 3.81. The fourth-order valence-electron chi connectivity index (χ4n) is 2.54. The largest absolute Gasteiger partial charge is 0.495 e. The van der Waals surface area contributed by atoms with E-state index in [1.165, 1.54) is 19.2 Å². The van der Waals surface area contributed by atoms with Gasteiger partial charge in [0.2, 0.25) is 5.91 Å². The van der Waals surface area contributed by atoms with Gasteiger partial charge in [0.15, 0.2) is 0 Å². The smallest absolute Gasteiger partial charge is 0.471 e. The molecule has 1 saturated heterocycles. The zero-order valence-electron chi connectivity index (χ0n) is 12.8. The molecule has 0 radical (unpaired) electrons. The Balaban J connectivity index is 1.96. The highest BCUT2D eigenvalue weighted by Crippen LogP contribution is 2.28. The van der Waals surface area contributed by atoms with E-state index in [1.54, 1.807) is 0 Å². The molecule has 0 atom stereocenters. The molecule has 0 spiro atoms. The van der Waals surface area contributed by atoms with Crippen molar-refractivity contribution in [3.63, 3.8) is 0 Å². The first-order valence-corrected chi connectivity index (χ1v) is 7.23. The summed E-state index contributed by atoms with van der Waals surface area (Å²) in [6.45, 7) is -0.312. The van der Waals surface area contributed by atoms with Gasteiger partial charge in [-0.2, -0.15) is 13.2 Å². The number of halogens is 4. The fraction of sp³-hybridized carbons (Fsp3) is 0.467. The second-order valence-corrected chi connectivity index (χ2v) is 5.40. The van der Waals surface area contributed by atoms with Crippen molar-refractivity contribution in [3.05, 3.63) is 24.0 Å². The number of ether oxygens (including phenoxy) is 1. The van der Waals surface area contributed by atoms with E-state index in [9.17, 15) is 27.2 Å². The molecule has 0 unspecified atom stereocenters. The molecule has 1 aliphatic rings. The number of carbonyl (C=O) groups is 2. The van der Waals surface area contributed by atoms with Gasteiger partial charge in [-0.3, -0.25) is 9.59 Å². The maximum absolute atomic E-state index is 13.3. The number of alkyl halides is 3. The number of hydrogen-bond acceptors (Lipinski definition) is 3. The Morgan fingerprint density at radius 1 is 1.25 bits per heavy atom. The highest BCUT2D eigenvalue weighted by Gasteiger charge is 2.43. The van der Waals surface area contributed by atoms with E-state index in [-0.39, 0.29) is 37.4 Å². The summed E-state index contributed by atoms with van der Waals surface area (Å²) in [5.74, 6) is -3.19. The molecule has 9 heteroatoms. The van der Waals surface area contributed by atoms with Gasteiger partial charge in [0, 0.05) is 25.1 Å². The molecule has 2 amide bonds. The number of carbonyl (C=O) groups excluding carboxylic acids is 2. The van der Waals surface area contributed by atoms with E-state index in [2.05, 4.69) is 5.32 Å². The summed E-state index contributed by atoms with van der Waals surface area (Å²) < 4.78 is 55.4. The third-order valence-corrected chi connectivity index (χ3v) is 3.81. The number of rotatable bonds is 3. The molecule has 0 aromatic heterocycles. The number of likely N-dealkylation sites (tertiary alicyclic amines) is 1. The van der Waals surface area contributed by atoms with Crippen LogP contribution in [0, 0.1) is 11.7 Å². The average Bonchev–Trinajstić information content (AvgIpc) is 2.53. The van der Waals surface area contributed by atoms with E-state index in [4.69, 9.17) is 4.74 Å². The molecule has 2 rings (SSSR count). The Bertz CT molecular complexity index is 626. The van der Waals surface area contributed by atoms with Crippen LogP contribution in [0.25, 0.3) is 0 Å². The molecule has 0 bridgehead atoms. The van der Waals surface area contributed by atoms with Gasteiger partial charge in [-0.05, 0) is 25.0 Å². The lowest BCUT2D eigenvalue weighted by Crippen LogP contribution is -2.46. The topological polar surface area (TPSA) is 58.6 Å². The van der Waals surface area contributed by atoms with Gasteiger partial charge in [-0.1, -0.05) is 0 Å². The van der Waals surface area contributed by atoms with Crippen LogP contribution in [0.4, 0.5) is 23.2 Å². The lowest BCUT2D eigenvalue weighted by molar-refractivity contribution is -0.186. The van der Waals surface area contributed by atoms with Gasteiger partial charge in [-0.25, -0.2) is 4.39 Å². The van der Waals surface area contributed by atoms with Gasteiger partial charge in [-0.15, -0.1) is 0 Å². The van der Waals surface area contributed by atoms with Gasteiger partial charge >= 0.3 is 12.1 Å². The van der Waals surface area contributed by atoms with Crippen LogP contribution in [0.15, 0.2) is 18.2 Å².